The fourth-order valence-corrected chi connectivity index (χ4v) is 2.27. The van der Waals surface area contributed by atoms with Crippen LogP contribution in [0.4, 0.5) is 13.2 Å². The number of rotatable bonds is 4. The molecule has 0 saturated carbocycles. The fourth-order valence-electron chi connectivity index (χ4n) is 2.02. The van der Waals surface area contributed by atoms with Crippen LogP contribution in [0.25, 0.3) is 11.3 Å². The van der Waals surface area contributed by atoms with Crippen molar-refractivity contribution in [2.24, 2.45) is 0 Å². The van der Waals surface area contributed by atoms with Crippen LogP contribution in [0.5, 0.6) is 5.75 Å². The lowest BCUT2D eigenvalue weighted by atomic mass is 10.0. The molecule has 2 aromatic rings. The summed E-state index contributed by atoms with van der Waals surface area (Å²) < 4.78 is 41.2. The molecule has 1 heterocycles. The molecular formula is C14H13F3N2OS. The first-order valence-electron chi connectivity index (χ1n) is 6.33. The second-order valence-electron chi connectivity index (χ2n) is 4.39. The van der Waals surface area contributed by atoms with E-state index in [0.29, 0.717) is 22.3 Å². The Morgan fingerprint density at radius 2 is 2.10 bits per heavy atom. The number of alkyl halides is 3. The van der Waals surface area contributed by atoms with E-state index in [4.69, 9.17) is 12.2 Å². The minimum Gasteiger partial charge on any atom is -0.406 e. The van der Waals surface area contributed by atoms with E-state index in [9.17, 15) is 13.2 Å². The van der Waals surface area contributed by atoms with Crippen molar-refractivity contribution in [3.05, 3.63) is 40.8 Å². The van der Waals surface area contributed by atoms with Crippen molar-refractivity contribution in [3.8, 4) is 17.0 Å². The Morgan fingerprint density at radius 3 is 2.76 bits per heavy atom. The van der Waals surface area contributed by atoms with Crippen LogP contribution in [-0.4, -0.2) is 16.3 Å². The van der Waals surface area contributed by atoms with E-state index in [-0.39, 0.29) is 5.75 Å². The van der Waals surface area contributed by atoms with Crippen LogP contribution in [0.2, 0.25) is 0 Å². The lowest BCUT2D eigenvalue weighted by molar-refractivity contribution is -0.274. The number of halogens is 3. The maximum absolute atomic E-state index is 12.3. The van der Waals surface area contributed by atoms with Crippen molar-refractivity contribution >= 4 is 12.2 Å². The predicted octanol–water partition coefficient (Wildman–Crippen LogP) is 4.66. The normalized spacial score (nSPS) is 11.4. The van der Waals surface area contributed by atoms with Crippen molar-refractivity contribution in [3.63, 3.8) is 0 Å². The third-order valence-corrected chi connectivity index (χ3v) is 3.16. The first kappa shape index (κ1) is 15.5. The van der Waals surface area contributed by atoms with E-state index < -0.39 is 6.36 Å². The average Bonchev–Trinajstić information content (AvgIpc) is 2.39. The van der Waals surface area contributed by atoms with Crippen molar-refractivity contribution in [1.82, 2.24) is 9.97 Å². The van der Waals surface area contributed by atoms with Gasteiger partial charge in [0.05, 0.1) is 12.0 Å². The number of nitrogens with zero attached hydrogens (tertiary/aromatic N) is 1. The summed E-state index contributed by atoms with van der Waals surface area (Å²) >= 11 is 5.18. The van der Waals surface area contributed by atoms with Gasteiger partial charge in [0.1, 0.15) is 10.4 Å². The lowest BCUT2D eigenvalue weighted by Gasteiger charge is -2.12. The molecular weight excluding hydrogens is 301 g/mol. The highest BCUT2D eigenvalue weighted by molar-refractivity contribution is 7.71. The van der Waals surface area contributed by atoms with E-state index in [0.717, 1.165) is 12.0 Å². The second-order valence-corrected chi connectivity index (χ2v) is 4.77. The van der Waals surface area contributed by atoms with Crippen LogP contribution < -0.4 is 4.74 Å². The van der Waals surface area contributed by atoms with Gasteiger partial charge in [0.25, 0.3) is 0 Å². The van der Waals surface area contributed by atoms with Crippen LogP contribution in [0, 0.1) is 4.64 Å². The van der Waals surface area contributed by atoms with Crippen molar-refractivity contribution in [2.75, 3.05) is 0 Å². The van der Waals surface area contributed by atoms with Gasteiger partial charge in [0.15, 0.2) is 0 Å². The summed E-state index contributed by atoms with van der Waals surface area (Å²) in [4.78, 5) is 6.97. The number of nitrogens with one attached hydrogen (secondary N) is 1. The molecule has 0 spiro atoms. The van der Waals surface area contributed by atoms with Crippen LogP contribution in [-0.2, 0) is 6.42 Å². The first-order valence-corrected chi connectivity index (χ1v) is 6.74. The van der Waals surface area contributed by atoms with E-state index in [2.05, 4.69) is 14.7 Å². The Bertz CT molecular complexity index is 682. The molecule has 2 rings (SSSR count). The SMILES string of the molecule is CCCc1c(-c2cccc(OC(F)(F)F)c2)[nH]cnc1=S. The number of H-pyrrole nitrogens is 1. The number of ether oxygens (including phenoxy) is 1. The minimum absolute atomic E-state index is 0.265. The summed E-state index contributed by atoms with van der Waals surface area (Å²) in [5, 5.41) is 0. The molecule has 0 atom stereocenters. The Kier molecular flexibility index (Phi) is 4.62. The highest BCUT2D eigenvalue weighted by Gasteiger charge is 2.31. The molecule has 7 heteroatoms. The first-order chi connectivity index (χ1) is 9.90. The lowest BCUT2D eigenvalue weighted by Crippen LogP contribution is -2.17. The van der Waals surface area contributed by atoms with Crippen LogP contribution >= 0.6 is 12.2 Å². The van der Waals surface area contributed by atoms with Gasteiger partial charge >= 0.3 is 6.36 Å². The fraction of sp³-hybridized carbons (Fsp3) is 0.286. The van der Waals surface area contributed by atoms with Crippen molar-refractivity contribution in [1.29, 1.82) is 0 Å². The molecule has 1 aromatic heterocycles. The van der Waals surface area contributed by atoms with Gasteiger partial charge in [-0.15, -0.1) is 13.2 Å². The number of hydrogen-bond acceptors (Lipinski definition) is 3. The minimum atomic E-state index is -4.71. The molecule has 0 aliphatic carbocycles. The van der Waals surface area contributed by atoms with Crippen LogP contribution in [0.15, 0.2) is 30.6 Å². The number of aromatic nitrogens is 2. The Balaban J connectivity index is 2.45. The predicted molar refractivity (Wildman–Crippen MR) is 75.5 cm³/mol. The molecule has 0 fully saturated rings. The molecule has 112 valence electrons. The molecule has 1 N–H and O–H groups in total. The summed E-state index contributed by atoms with van der Waals surface area (Å²) in [5.41, 5.74) is 2.07. The Labute approximate surface area is 124 Å². The molecule has 0 radical (unpaired) electrons. The summed E-state index contributed by atoms with van der Waals surface area (Å²) in [5.74, 6) is -0.265. The van der Waals surface area contributed by atoms with Crippen molar-refractivity contribution in [2.45, 2.75) is 26.1 Å². The topological polar surface area (TPSA) is 37.9 Å². The van der Waals surface area contributed by atoms with Crippen LogP contribution in [0.1, 0.15) is 18.9 Å². The highest BCUT2D eigenvalue weighted by atomic mass is 32.1. The highest BCUT2D eigenvalue weighted by Crippen LogP contribution is 2.29. The van der Waals surface area contributed by atoms with Gasteiger partial charge in [-0.25, -0.2) is 4.98 Å². The smallest absolute Gasteiger partial charge is 0.406 e. The molecule has 0 amide bonds. The van der Waals surface area contributed by atoms with Gasteiger partial charge in [-0.05, 0) is 18.6 Å². The third-order valence-electron chi connectivity index (χ3n) is 2.81. The quantitative estimate of drug-likeness (QED) is 0.834. The van der Waals surface area contributed by atoms with Gasteiger partial charge in [0.2, 0.25) is 0 Å². The zero-order valence-electron chi connectivity index (χ0n) is 11.2. The van der Waals surface area contributed by atoms with E-state index >= 15 is 0 Å². The van der Waals surface area contributed by atoms with Gasteiger partial charge in [0, 0.05) is 11.1 Å². The molecule has 0 bridgehead atoms. The van der Waals surface area contributed by atoms with E-state index in [1.807, 2.05) is 6.92 Å². The number of aromatic amines is 1. The van der Waals surface area contributed by atoms with E-state index in [1.165, 1.54) is 24.5 Å². The van der Waals surface area contributed by atoms with Gasteiger partial charge in [-0.2, -0.15) is 0 Å². The van der Waals surface area contributed by atoms with Gasteiger partial charge in [-0.3, -0.25) is 0 Å². The summed E-state index contributed by atoms with van der Waals surface area (Å²) in [6, 6.07) is 5.78. The molecule has 21 heavy (non-hydrogen) atoms. The number of benzene rings is 1. The maximum atomic E-state index is 12.3. The third kappa shape index (κ3) is 4.04. The molecule has 0 unspecified atom stereocenters. The summed E-state index contributed by atoms with van der Waals surface area (Å²) in [6.07, 6.45) is -1.72. The van der Waals surface area contributed by atoms with Gasteiger partial charge < -0.3 is 9.72 Å². The zero-order chi connectivity index (χ0) is 15.5. The van der Waals surface area contributed by atoms with Crippen molar-refractivity contribution < 1.29 is 17.9 Å². The molecule has 0 aliphatic heterocycles. The molecule has 0 saturated heterocycles. The Morgan fingerprint density at radius 1 is 1.33 bits per heavy atom. The second kappa shape index (κ2) is 6.26. The number of hydrogen-bond donors (Lipinski definition) is 1. The van der Waals surface area contributed by atoms with Crippen LogP contribution in [0.3, 0.4) is 0 Å². The molecule has 3 nitrogen and oxygen atoms in total. The largest absolute Gasteiger partial charge is 0.573 e. The maximum Gasteiger partial charge on any atom is 0.573 e. The monoisotopic (exact) mass is 314 g/mol. The van der Waals surface area contributed by atoms with Gasteiger partial charge in [-0.1, -0.05) is 37.7 Å². The average molecular weight is 314 g/mol. The standard InChI is InChI=1S/C14H13F3N2OS/c1-2-4-11-12(18-8-19-13(11)21)9-5-3-6-10(7-9)20-14(15,16)17/h3,5-8H,2,4H2,1H3,(H,18,19,21). The Hall–Kier alpha value is -1.89. The summed E-state index contributed by atoms with van der Waals surface area (Å²) in [7, 11) is 0. The summed E-state index contributed by atoms with van der Waals surface area (Å²) in [6.45, 7) is 1.99. The zero-order valence-corrected chi connectivity index (χ0v) is 12.0. The molecule has 1 aromatic carbocycles. The van der Waals surface area contributed by atoms with E-state index in [1.54, 1.807) is 6.07 Å². The molecule has 0 aliphatic rings.